The number of morpholine rings is 1. The fraction of sp³-hybridized carbons (Fsp3) is 0.650. The summed E-state index contributed by atoms with van der Waals surface area (Å²) >= 11 is 0. The normalized spacial score (nSPS) is 16.6. The lowest BCUT2D eigenvalue weighted by Crippen LogP contribution is -2.43. The molecule has 1 amide bonds. The summed E-state index contributed by atoms with van der Waals surface area (Å²) in [6, 6.07) is 8.57. The van der Waals surface area contributed by atoms with E-state index in [1.165, 1.54) is 11.1 Å². The molecule has 28 heavy (non-hydrogen) atoms. The number of rotatable bonds is 11. The van der Waals surface area contributed by atoms with Crippen molar-refractivity contribution in [3.8, 4) is 0 Å². The fourth-order valence-corrected chi connectivity index (χ4v) is 4.07. The molecule has 3 N–H and O–H groups in total. The molecule has 0 aromatic heterocycles. The predicted octanol–water partition coefficient (Wildman–Crippen LogP) is 1.72. The van der Waals surface area contributed by atoms with Gasteiger partial charge >= 0.3 is 0 Å². The number of amides is 1. The number of benzene rings is 1. The molecule has 0 aliphatic carbocycles. The number of ether oxygens (including phenoxy) is 1. The number of sulfonamides is 1. The molecule has 1 atom stereocenters. The van der Waals surface area contributed by atoms with Crippen LogP contribution in [0.25, 0.3) is 0 Å². The van der Waals surface area contributed by atoms with Gasteiger partial charge in [-0.1, -0.05) is 42.7 Å². The first-order valence-corrected chi connectivity index (χ1v) is 11.7. The zero-order chi connectivity index (χ0) is 20.4. The molecule has 0 radical (unpaired) electrons. The number of aryl methyl sites for hydroxylation is 1. The highest BCUT2D eigenvalue weighted by Gasteiger charge is 2.23. The molecule has 2 rings (SSSR count). The Kier molecular flexibility index (Phi) is 9.37. The van der Waals surface area contributed by atoms with Crippen molar-refractivity contribution in [2.45, 2.75) is 45.1 Å². The molecule has 1 aromatic carbocycles. The van der Waals surface area contributed by atoms with Gasteiger partial charge in [0.25, 0.3) is 0 Å². The van der Waals surface area contributed by atoms with Crippen LogP contribution in [0.4, 0.5) is 0 Å². The second-order valence-electron chi connectivity index (χ2n) is 7.41. The van der Waals surface area contributed by atoms with Gasteiger partial charge in [0.2, 0.25) is 15.9 Å². The molecular formula is C20H33N3O4S. The summed E-state index contributed by atoms with van der Waals surface area (Å²) in [5.74, 6) is 0.0501. The Bertz CT molecular complexity index is 718. The minimum Gasteiger partial charge on any atom is -0.379 e. The average Bonchev–Trinajstić information content (AvgIpc) is 2.65. The number of nitrogens with zero attached hydrogens (tertiary/aromatic N) is 1. The average molecular weight is 412 g/mol. The molecule has 8 heteroatoms. The van der Waals surface area contributed by atoms with Gasteiger partial charge in [0, 0.05) is 26.1 Å². The number of primary sulfonamides is 1. The van der Waals surface area contributed by atoms with Crippen LogP contribution in [0.3, 0.4) is 0 Å². The number of nitrogens with one attached hydrogen (secondary N) is 1. The highest BCUT2D eigenvalue weighted by molar-refractivity contribution is 7.89. The maximum absolute atomic E-state index is 12.3. The smallest absolute Gasteiger partial charge is 0.220 e. The van der Waals surface area contributed by atoms with Crippen molar-refractivity contribution < 1.29 is 17.9 Å². The molecule has 1 heterocycles. The summed E-state index contributed by atoms with van der Waals surface area (Å²) in [7, 11) is -3.38. The predicted molar refractivity (Wildman–Crippen MR) is 110 cm³/mol. The summed E-state index contributed by atoms with van der Waals surface area (Å²) in [5.41, 5.74) is 2.42. The van der Waals surface area contributed by atoms with Gasteiger partial charge in [-0.05, 0) is 25.3 Å². The van der Waals surface area contributed by atoms with E-state index < -0.39 is 10.0 Å². The van der Waals surface area contributed by atoms with Crippen LogP contribution in [0.1, 0.15) is 49.3 Å². The Labute approximate surface area is 168 Å². The van der Waals surface area contributed by atoms with Crippen LogP contribution in [-0.4, -0.2) is 57.8 Å². The van der Waals surface area contributed by atoms with Crippen molar-refractivity contribution in [3.05, 3.63) is 35.4 Å². The van der Waals surface area contributed by atoms with E-state index in [0.717, 1.165) is 45.6 Å². The van der Waals surface area contributed by atoms with Gasteiger partial charge in [0.1, 0.15) is 0 Å². The van der Waals surface area contributed by atoms with Gasteiger partial charge in [-0.2, -0.15) is 0 Å². The third-order valence-corrected chi connectivity index (χ3v) is 5.85. The van der Waals surface area contributed by atoms with E-state index in [0.29, 0.717) is 19.4 Å². The first-order valence-electron chi connectivity index (χ1n) is 10.0. The lowest BCUT2D eigenvalue weighted by molar-refractivity contribution is -0.121. The highest BCUT2D eigenvalue weighted by Crippen LogP contribution is 2.22. The highest BCUT2D eigenvalue weighted by atomic mass is 32.2. The van der Waals surface area contributed by atoms with Crippen LogP contribution >= 0.6 is 0 Å². The molecule has 158 valence electrons. The molecule has 1 aliphatic heterocycles. The standard InChI is InChI=1S/C20H33N3O4S/c1-17-7-6-8-18(15-17)19(23-10-12-27-13-11-23)16-22-20(24)9-4-2-3-5-14-28(21,25)26/h6-8,15,19H,2-5,9-14,16H2,1H3,(H,22,24)(H2,21,25,26). The van der Waals surface area contributed by atoms with Crippen molar-refractivity contribution in [2.75, 3.05) is 38.6 Å². The van der Waals surface area contributed by atoms with E-state index in [-0.39, 0.29) is 17.7 Å². The Hall–Kier alpha value is -1.48. The van der Waals surface area contributed by atoms with Crippen LogP contribution in [0.15, 0.2) is 24.3 Å². The van der Waals surface area contributed by atoms with Gasteiger partial charge in [0.15, 0.2) is 0 Å². The Morgan fingerprint density at radius 1 is 1.21 bits per heavy atom. The van der Waals surface area contributed by atoms with E-state index in [1.54, 1.807) is 0 Å². The van der Waals surface area contributed by atoms with E-state index >= 15 is 0 Å². The molecule has 0 bridgehead atoms. The first kappa shape index (κ1) is 22.8. The lowest BCUT2D eigenvalue weighted by atomic mass is 10.0. The monoisotopic (exact) mass is 411 g/mol. The van der Waals surface area contributed by atoms with Gasteiger partial charge in [-0.3, -0.25) is 9.69 Å². The molecule has 0 saturated carbocycles. The number of nitrogens with two attached hydrogens (primary N) is 1. The number of carbonyl (C=O) groups excluding carboxylic acids is 1. The topological polar surface area (TPSA) is 102 Å². The third kappa shape index (κ3) is 8.68. The molecule has 1 fully saturated rings. The van der Waals surface area contributed by atoms with Crippen LogP contribution < -0.4 is 10.5 Å². The second-order valence-corrected chi connectivity index (χ2v) is 9.15. The number of hydrogen-bond donors (Lipinski definition) is 2. The van der Waals surface area contributed by atoms with E-state index in [9.17, 15) is 13.2 Å². The Balaban J connectivity index is 1.78. The quantitative estimate of drug-likeness (QED) is 0.540. The largest absolute Gasteiger partial charge is 0.379 e. The third-order valence-electron chi connectivity index (χ3n) is 4.99. The number of hydrogen-bond acceptors (Lipinski definition) is 5. The molecule has 1 unspecified atom stereocenters. The first-order chi connectivity index (χ1) is 13.3. The summed E-state index contributed by atoms with van der Waals surface area (Å²) in [5, 5.41) is 8.06. The Morgan fingerprint density at radius 3 is 2.61 bits per heavy atom. The van der Waals surface area contributed by atoms with Crippen LogP contribution in [-0.2, 0) is 19.6 Å². The summed E-state index contributed by atoms with van der Waals surface area (Å²) in [6.45, 7) is 5.81. The zero-order valence-corrected chi connectivity index (χ0v) is 17.5. The van der Waals surface area contributed by atoms with Gasteiger partial charge in [-0.15, -0.1) is 0 Å². The molecule has 7 nitrogen and oxygen atoms in total. The Morgan fingerprint density at radius 2 is 1.93 bits per heavy atom. The molecular weight excluding hydrogens is 378 g/mol. The van der Waals surface area contributed by atoms with Gasteiger partial charge in [0.05, 0.1) is 25.0 Å². The summed E-state index contributed by atoms with van der Waals surface area (Å²) in [4.78, 5) is 14.6. The lowest BCUT2D eigenvalue weighted by Gasteiger charge is -2.35. The number of carbonyl (C=O) groups is 1. The maximum Gasteiger partial charge on any atom is 0.220 e. The second kappa shape index (κ2) is 11.5. The van der Waals surface area contributed by atoms with E-state index in [1.807, 2.05) is 0 Å². The minimum atomic E-state index is -3.38. The van der Waals surface area contributed by atoms with Crippen molar-refractivity contribution in [1.82, 2.24) is 10.2 Å². The van der Waals surface area contributed by atoms with Crippen molar-refractivity contribution >= 4 is 15.9 Å². The van der Waals surface area contributed by atoms with Crippen LogP contribution in [0.5, 0.6) is 0 Å². The van der Waals surface area contributed by atoms with Crippen LogP contribution in [0, 0.1) is 6.92 Å². The maximum atomic E-state index is 12.3. The zero-order valence-electron chi connectivity index (χ0n) is 16.7. The van der Waals surface area contributed by atoms with Gasteiger partial charge < -0.3 is 10.1 Å². The minimum absolute atomic E-state index is 0.0108. The van der Waals surface area contributed by atoms with Crippen LogP contribution in [0.2, 0.25) is 0 Å². The van der Waals surface area contributed by atoms with Crippen molar-refractivity contribution in [1.29, 1.82) is 0 Å². The van der Waals surface area contributed by atoms with Crippen molar-refractivity contribution in [2.24, 2.45) is 5.14 Å². The van der Waals surface area contributed by atoms with E-state index in [4.69, 9.17) is 9.88 Å². The van der Waals surface area contributed by atoms with Gasteiger partial charge in [-0.25, -0.2) is 13.6 Å². The number of unbranched alkanes of at least 4 members (excludes halogenated alkanes) is 3. The summed E-state index contributed by atoms with van der Waals surface area (Å²) < 4.78 is 27.2. The SMILES string of the molecule is Cc1cccc(C(CNC(=O)CCCCCCS(N)(=O)=O)N2CCOCC2)c1. The summed E-state index contributed by atoms with van der Waals surface area (Å²) in [6.07, 6.45) is 3.35. The van der Waals surface area contributed by atoms with Crippen molar-refractivity contribution in [3.63, 3.8) is 0 Å². The molecule has 1 saturated heterocycles. The van der Waals surface area contributed by atoms with E-state index in [2.05, 4.69) is 41.4 Å². The molecule has 1 aromatic rings. The fourth-order valence-electron chi connectivity index (χ4n) is 3.47. The molecule has 1 aliphatic rings. The molecule has 0 spiro atoms.